The number of likely N-dealkylation sites (tertiary alicyclic amines) is 1. The second-order valence-electron chi connectivity index (χ2n) is 9.00. The fourth-order valence-corrected chi connectivity index (χ4v) is 5.67. The fourth-order valence-electron chi connectivity index (χ4n) is 4.91. The molecular formula is C22H26F4N6O3S. The molecule has 0 bridgehead atoms. The molecule has 1 unspecified atom stereocenters. The summed E-state index contributed by atoms with van der Waals surface area (Å²) < 4.78 is 76.2. The second kappa shape index (κ2) is 9.81. The SMILES string of the molecule is N=C1CC(N2CCC[C@@H]2CF)CC[C@@H]1n1cc(C(N)=O)c(Nc2ccc(S(=O)(=O)C(F)(F)F)cc2)n1. The third-order valence-electron chi connectivity index (χ3n) is 6.75. The van der Waals surface area contributed by atoms with E-state index in [2.05, 4.69) is 15.3 Å². The van der Waals surface area contributed by atoms with Gasteiger partial charge in [0.2, 0.25) is 0 Å². The molecule has 2 aliphatic rings. The Morgan fingerprint density at radius 3 is 2.47 bits per heavy atom. The molecule has 196 valence electrons. The number of primary amides is 1. The van der Waals surface area contributed by atoms with Crippen molar-refractivity contribution in [2.24, 2.45) is 5.73 Å². The first-order valence-electron chi connectivity index (χ1n) is 11.4. The zero-order chi connectivity index (χ0) is 26.3. The predicted octanol–water partition coefficient (Wildman–Crippen LogP) is 3.57. The minimum Gasteiger partial charge on any atom is -0.365 e. The number of hydrogen-bond donors (Lipinski definition) is 3. The average molecular weight is 531 g/mol. The third kappa shape index (κ3) is 4.96. The van der Waals surface area contributed by atoms with E-state index < -0.39 is 38.9 Å². The summed E-state index contributed by atoms with van der Waals surface area (Å²) in [5.74, 6) is -0.774. The Hall–Kier alpha value is -3.00. The summed E-state index contributed by atoms with van der Waals surface area (Å²) in [7, 11) is -5.49. The number of halogens is 4. The first-order chi connectivity index (χ1) is 16.9. The predicted molar refractivity (Wildman–Crippen MR) is 124 cm³/mol. The summed E-state index contributed by atoms with van der Waals surface area (Å²) in [4.78, 5) is 13.2. The lowest BCUT2D eigenvalue weighted by molar-refractivity contribution is -0.0436. The van der Waals surface area contributed by atoms with Crippen molar-refractivity contribution in [3.05, 3.63) is 36.0 Å². The molecule has 14 heteroatoms. The van der Waals surface area contributed by atoms with E-state index in [0.29, 0.717) is 18.6 Å². The van der Waals surface area contributed by atoms with Gasteiger partial charge >= 0.3 is 5.51 Å². The van der Waals surface area contributed by atoms with Crippen molar-refractivity contribution in [3.8, 4) is 0 Å². The summed E-state index contributed by atoms with van der Waals surface area (Å²) in [6, 6.07) is 3.37. The summed E-state index contributed by atoms with van der Waals surface area (Å²) >= 11 is 0. The second-order valence-corrected chi connectivity index (χ2v) is 10.9. The van der Waals surface area contributed by atoms with Gasteiger partial charge in [0.05, 0.1) is 10.9 Å². The molecule has 9 nitrogen and oxygen atoms in total. The van der Waals surface area contributed by atoms with Crippen molar-refractivity contribution in [2.45, 2.75) is 60.6 Å². The molecule has 4 N–H and O–H groups in total. The molecular weight excluding hydrogens is 504 g/mol. The lowest BCUT2D eigenvalue weighted by atomic mass is 9.88. The van der Waals surface area contributed by atoms with Crippen LogP contribution in [0.3, 0.4) is 0 Å². The number of anilines is 2. The van der Waals surface area contributed by atoms with Crippen LogP contribution in [0.25, 0.3) is 0 Å². The van der Waals surface area contributed by atoms with E-state index in [-0.39, 0.29) is 29.2 Å². The average Bonchev–Trinajstić information content (AvgIpc) is 3.46. The van der Waals surface area contributed by atoms with Gasteiger partial charge < -0.3 is 16.5 Å². The highest BCUT2D eigenvalue weighted by molar-refractivity contribution is 7.92. The van der Waals surface area contributed by atoms with Gasteiger partial charge in [0, 0.05) is 36.1 Å². The Balaban J connectivity index is 1.51. The third-order valence-corrected chi connectivity index (χ3v) is 8.25. The van der Waals surface area contributed by atoms with Crippen LogP contribution in [0.5, 0.6) is 0 Å². The van der Waals surface area contributed by atoms with E-state index in [1.807, 2.05) is 0 Å². The number of benzene rings is 1. The van der Waals surface area contributed by atoms with Crippen molar-refractivity contribution < 1.29 is 30.8 Å². The topological polar surface area (TPSA) is 134 Å². The molecule has 1 aliphatic heterocycles. The van der Waals surface area contributed by atoms with E-state index in [1.165, 1.54) is 10.9 Å². The Kier molecular flexibility index (Phi) is 7.10. The number of amides is 1. The van der Waals surface area contributed by atoms with Gasteiger partial charge in [-0.1, -0.05) is 0 Å². The molecule has 1 saturated carbocycles. The first-order valence-corrected chi connectivity index (χ1v) is 12.9. The Morgan fingerprint density at radius 2 is 1.89 bits per heavy atom. The van der Waals surface area contributed by atoms with E-state index in [0.717, 1.165) is 50.1 Å². The number of aromatic nitrogens is 2. The van der Waals surface area contributed by atoms with Crippen LogP contribution < -0.4 is 11.1 Å². The molecule has 2 heterocycles. The number of nitrogens with zero attached hydrogens (tertiary/aromatic N) is 3. The number of hydrogen-bond acceptors (Lipinski definition) is 7. The Morgan fingerprint density at radius 1 is 1.19 bits per heavy atom. The van der Waals surface area contributed by atoms with E-state index in [1.54, 1.807) is 0 Å². The summed E-state index contributed by atoms with van der Waals surface area (Å²) in [5, 5.41) is 15.7. The number of sulfone groups is 1. The van der Waals surface area contributed by atoms with Crippen LogP contribution in [-0.4, -0.2) is 65.5 Å². The van der Waals surface area contributed by atoms with Gasteiger partial charge in [0.1, 0.15) is 12.2 Å². The number of alkyl halides is 4. The molecule has 2 aromatic rings. The number of carbonyl (C=O) groups is 1. The maximum Gasteiger partial charge on any atom is 0.501 e. The van der Waals surface area contributed by atoms with Gasteiger partial charge in [0.15, 0.2) is 5.82 Å². The number of rotatable bonds is 7. The monoisotopic (exact) mass is 530 g/mol. The van der Waals surface area contributed by atoms with E-state index >= 15 is 0 Å². The first kappa shape index (κ1) is 26.1. The van der Waals surface area contributed by atoms with Crippen LogP contribution in [0.4, 0.5) is 29.1 Å². The standard InChI is InChI=1S/C22H26F4N6O3S/c23-11-15-2-1-9-31(15)14-5-8-19(18(27)10-14)32-12-17(20(28)33)21(30-32)29-13-3-6-16(7-4-13)36(34,35)22(24,25)26/h3-4,6-7,12,14-15,19,27H,1-2,5,8-11H2,(H2,28,33)(H,29,30)/t14?,15-,19+/m1/s1. The smallest absolute Gasteiger partial charge is 0.365 e. The van der Waals surface area contributed by atoms with Crippen molar-refractivity contribution in [3.63, 3.8) is 0 Å². The minimum absolute atomic E-state index is 0.00829. The van der Waals surface area contributed by atoms with Crippen molar-refractivity contribution in [1.82, 2.24) is 14.7 Å². The van der Waals surface area contributed by atoms with Crippen molar-refractivity contribution >= 4 is 33.0 Å². The van der Waals surface area contributed by atoms with Gasteiger partial charge in [-0.05, 0) is 56.5 Å². The zero-order valence-corrected chi connectivity index (χ0v) is 19.9. The number of nitrogens with two attached hydrogens (primary N) is 1. The van der Waals surface area contributed by atoms with Gasteiger partial charge in [-0.2, -0.15) is 18.3 Å². The molecule has 0 spiro atoms. The van der Waals surface area contributed by atoms with Crippen molar-refractivity contribution in [2.75, 3.05) is 18.5 Å². The lowest BCUT2D eigenvalue weighted by Gasteiger charge is -2.37. The zero-order valence-electron chi connectivity index (χ0n) is 19.1. The molecule has 1 aromatic carbocycles. The summed E-state index contributed by atoms with van der Waals surface area (Å²) in [5.41, 5.74) is 0.640. The van der Waals surface area contributed by atoms with Crippen LogP contribution in [0.1, 0.15) is 48.5 Å². The molecule has 1 aliphatic carbocycles. The molecule has 1 amide bonds. The Bertz CT molecular complexity index is 1250. The summed E-state index contributed by atoms with van der Waals surface area (Å²) in [6.45, 7) is 0.397. The lowest BCUT2D eigenvalue weighted by Crippen LogP contribution is -2.45. The number of carbonyl (C=O) groups excluding carboxylic acids is 1. The minimum atomic E-state index is -5.49. The van der Waals surface area contributed by atoms with Crippen LogP contribution in [0.2, 0.25) is 0 Å². The molecule has 2 fully saturated rings. The normalized spacial score (nSPS) is 23.7. The molecule has 4 rings (SSSR count). The maximum absolute atomic E-state index is 13.3. The van der Waals surface area contributed by atoms with Crippen molar-refractivity contribution in [1.29, 1.82) is 5.41 Å². The van der Waals surface area contributed by atoms with Gasteiger partial charge in [-0.3, -0.25) is 14.4 Å². The largest absolute Gasteiger partial charge is 0.501 e. The van der Waals surface area contributed by atoms with Crippen LogP contribution in [0.15, 0.2) is 35.4 Å². The Labute approximate surface area is 205 Å². The molecule has 0 radical (unpaired) electrons. The quantitative estimate of drug-likeness (QED) is 0.469. The molecule has 36 heavy (non-hydrogen) atoms. The molecule has 1 saturated heterocycles. The van der Waals surface area contributed by atoms with Gasteiger partial charge in [0.25, 0.3) is 15.7 Å². The highest BCUT2D eigenvalue weighted by atomic mass is 32.2. The van der Waals surface area contributed by atoms with Crippen LogP contribution >= 0.6 is 0 Å². The van der Waals surface area contributed by atoms with Gasteiger partial charge in [-0.15, -0.1) is 0 Å². The highest BCUT2D eigenvalue weighted by Crippen LogP contribution is 2.34. The van der Waals surface area contributed by atoms with Crippen LogP contribution in [-0.2, 0) is 9.84 Å². The summed E-state index contributed by atoms with van der Waals surface area (Å²) in [6.07, 6.45) is 4.89. The number of nitrogens with one attached hydrogen (secondary N) is 2. The highest BCUT2D eigenvalue weighted by Gasteiger charge is 2.46. The van der Waals surface area contributed by atoms with E-state index in [9.17, 15) is 30.8 Å². The maximum atomic E-state index is 13.3. The molecule has 1 aromatic heterocycles. The van der Waals surface area contributed by atoms with E-state index in [4.69, 9.17) is 11.1 Å². The molecule has 3 atom stereocenters. The fraction of sp³-hybridized carbons (Fsp3) is 0.500. The van der Waals surface area contributed by atoms with Crippen LogP contribution in [0, 0.1) is 5.41 Å². The van der Waals surface area contributed by atoms with Gasteiger partial charge in [-0.25, -0.2) is 12.8 Å².